The van der Waals surface area contributed by atoms with Gasteiger partial charge in [-0.15, -0.1) is 0 Å². The number of benzene rings is 3. The fourth-order valence-electron chi connectivity index (χ4n) is 5.88. The van der Waals surface area contributed by atoms with Gasteiger partial charge in [-0.05, 0) is 42.7 Å². The Morgan fingerprint density at radius 2 is 1.89 bits per heavy atom. The lowest BCUT2D eigenvalue weighted by atomic mass is 9.96. The van der Waals surface area contributed by atoms with E-state index < -0.39 is 44.2 Å². The molecule has 6 rings (SSSR count). The first-order chi connectivity index (χ1) is 25.2. The molecule has 2 unspecified atom stereocenters. The van der Waals surface area contributed by atoms with Gasteiger partial charge >= 0.3 is 14.1 Å². The number of aliphatic hydroxyl groups is 2. The van der Waals surface area contributed by atoms with Crippen LogP contribution >= 0.6 is 8.17 Å². The number of nitrogens with zero attached hydrogens (tertiary/aromatic N) is 5. The van der Waals surface area contributed by atoms with Crippen LogP contribution in [0.3, 0.4) is 0 Å². The SMILES string of the molecule is C[C@H](N=[P+]([O-])Oc1c(OC[C@H]2OC(n3cnc4c(NCCc5ccccc5)nc(N)nc43)[C@](C)(O)[C@@H]2O)ccc2ccccc12)C(=O)OCC(C)(C)C. The molecule has 0 amide bonds. The molecule has 53 heavy (non-hydrogen) atoms. The van der Waals surface area contributed by atoms with E-state index in [4.69, 9.17) is 24.5 Å². The Morgan fingerprint density at radius 1 is 1.15 bits per heavy atom. The number of rotatable bonds is 13. The molecule has 15 nitrogen and oxygen atoms in total. The van der Waals surface area contributed by atoms with Crippen molar-refractivity contribution in [2.75, 3.05) is 30.8 Å². The fourth-order valence-corrected chi connectivity index (χ4v) is 6.65. The molecule has 280 valence electrons. The van der Waals surface area contributed by atoms with Gasteiger partial charge in [0.25, 0.3) is 0 Å². The van der Waals surface area contributed by atoms with Gasteiger partial charge in [0.2, 0.25) is 11.7 Å². The average molecular weight is 746 g/mol. The highest BCUT2D eigenvalue weighted by molar-refractivity contribution is 7.34. The van der Waals surface area contributed by atoms with Crippen LogP contribution in [0.1, 0.15) is 46.4 Å². The number of aromatic nitrogens is 4. The zero-order valence-electron chi connectivity index (χ0n) is 30.2. The molecule has 1 saturated heterocycles. The van der Waals surface area contributed by atoms with E-state index in [1.54, 1.807) is 24.3 Å². The van der Waals surface area contributed by atoms with Crippen LogP contribution in [-0.4, -0.2) is 79.3 Å². The van der Waals surface area contributed by atoms with E-state index in [1.807, 2.05) is 63.2 Å². The number of nitrogen functional groups attached to an aromatic ring is 1. The van der Waals surface area contributed by atoms with Crippen LogP contribution in [-0.2, 0) is 20.7 Å². The van der Waals surface area contributed by atoms with Gasteiger partial charge < -0.3 is 40.4 Å². The van der Waals surface area contributed by atoms with Crippen LogP contribution in [0.15, 0.2) is 77.8 Å². The minimum atomic E-state index is -2.74. The van der Waals surface area contributed by atoms with Crippen LogP contribution in [0, 0.1) is 5.41 Å². The molecule has 5 aromatic rings. The predicted octanol–water partition coefficient (Wildman–Crippen LogP) is 4.52. The number of fused-ring (bicyclic) bond motifs is 2. The van der Waals surface area contributed by atoms with Crippen molar-refractivity contribution in [1.82, 2.24) is 19.5 Å². The number of esters is 1. The topological polar surface area (TPSA) is 212 Å². The van der Waals surface area contributed by atoms with Gasteiger partial charge in [-0.25, -0.2) is 9.78 Å². The van der Waals surface area contributed by atoms with Gasteiger partial charge in [0.05, 0.1) is 12.9 Å². The number of anilines is 2. The summed E-state index contributed by atoms with van der Waals surface area (Å²) in [6.45, 7) is 9.22. The average Bonchev–Trinajstić information content (AvgIpc) is 3.63. The highest BCUT2D eigenvalue weighted by atomic mass is 31.1. The number of imidazole rings is 1. The largest absolute Gasteiger partial charge is 0.575 e. The highest BCUT2D eigenvalue weighted by Gasteiger charge is 2.54. The lowest BCUT2D eigenvalue weighted by Gasteiger charge is -2.27. The zero-order chi connectivity index (χ0) is 37.9. The molecule has 3 aromatic carbocycles. The van der Waals surface area contributed by atoms with E-state index in [9.17, 15) is 19.9 Å². The zero-order valence-corrected chi connectivity index (χ0v) is 31.1. The summed E-state index contributed by atoms with van der Waals surface area (Å²) >= 11 is 0. The van der Waals surface area contributed by atoms with Crippen molar-refractivity contribution < 1.29 is 38.6 Å². The van der Waals surface area contributed by atoms with Gasteiger partial charge in [-0.3, -0.25) is 9.09 Å². The van der Waals surface area contributed by atoms with Crippen molar-refractivity contribution in [1.29, 1.82) is 0 Å². The molecule has 3 heterocycles. The molecular weight excluding hydrogens is 701 g/mol. The van der Waals surface area contributed by atoms with Crippen LogP contribution in [0.25, 0.3) is 21.9 Å². The third kappa shape index (κ3) is 8.66. The molecule has 1 aliphatic heterocycles. The molecule has 6 atom stereocenters. The number of aliphatic hydroxyl groups excluding tert-OH is 1. The third-order valence-corrected chi connectivity index (χ3v) is 9.54. The molecule has 0 spiro atoms. The summed E-state index contributed by atoms with van der Waals surface area (Å²) in [6, 6.07) is 19.6. The number of nitrogens with one attached hydrogen (secondary N) is 1. The van der Waals surface area contributed by atoms with Gasteiger partial charge in [-0.2, -0.15) is 9.97 Å². The van der Waals surface area contributed by atoms with Crippen molar-refractivity contribution >= 4 is 47.8 Å². The molecule has 1 aliphatic rings. The minimum Gasteiger partial charge on any atom is -0.575 e. The second kappa shape index (κ2) is 15.6. The van der Waals surface area contributed by atoms with E-state index in [0.717, 1.165) is 17.4 Å². The third-order valence-electron chi connectivity index (χ3n) is 8.67. The van der Waals surface area contributed by atoms with E-state index in [0.29, 0.717) is 28.9 Å². The summed E-state index contributed by atoms with van der Waals surface area (Å²) in [5, 5.41) is 27.5. The molecule has 0 aliphatic carbocycles. The van der Waals surface area contributed by atoms with Crippen molar-refractivity contribution in [3.05, 3.63) is 78.6 Å². The number of ether oxygens (including phenoxy) is 3. The Labute approximate surface area is 307 Å². The van der Waals surface area contributed by atoms with Crippen LogP contribution in [0.2, 0.25) is 0 Å². The Bertz CT molecular complexity index is 2100. The molecule has 0 radical (unpaired) electrons. The predicted molar refractivity (Wildman–Crippen MR) is 198 cm³/mol. The summed E-state index contributed by atoms with van der Waals surface area (Å²) in [4.78, 5) is 38.8. The van der Waals surface area contributed by atoms with E-state index in [-0.39, 0.29) is 36.1 Å². The standard InChI is InChI=1S/C37H44N7O8P/c1-22(33(46)50-20-36(2,3)4)43-53(48)52-29-25-14-10-9-13-24(25)15-16-26(29)49-19-27-30(45)37(5,47)34(51-27)44-21-40-28-31(41-35(38)42-32(28)44)39-18-17-23-11-7-6-8-12-23/h6-16,21-22,27,30,34,45,47H,17-20H2,1-5H3,(H3,38,39,41,42)/t22-,27+,30+,34?,37+/m0/s1. The first kappa shape index (κ1) is 37.8. The first-order valence-corrected chi connectivity index (χ1v) is 18.3. The summed E-state index contributed by atoms with van der Waals surface area (Å²) in [5.41, 5.74) is 5.89. The first-order valence-electron chi connectivity index (χ1n) is 17.2. The molecule has 0 bridgehead atoms. The van der Waals surface area contributed by atoms with Gasteiger partial charge in [-0.1, -0.05) is 86.2 Å². The summed E-state index contributed by atoms with van der Waals surface area (Å²) in [5.74, 6) is 0.101. The molecule has 5 N–H and O–H groups in total. The maximum Gasteiger partial charge on any atom is 0.395 e. The van der Waals surface area contributed by atoms with Crippen LogP contribution < -0.4 is 25.2 Å². The maximum absolute atomic E-state index is 13.1. The monoisotopic (exact) mass is 745 g/mol. The smallest absolute Gasteiger partial charge is 0.395 e. The normalized spacial score (nSPS) is 21.1. The van der Waals surface area contributed by atoms with Crippen molar-refractivity contribution in [2.24, 2.45) is 10.2 Å². The second-order valence-corrected chi connectivity index (χ2v) is 15.2. The molecular formula is C37H44N7O8P. The molecule has 16 heteroatoms. The number of nitrogens with two attached hydrogens (primary N) is 1. The van der Waals surface area contributed by atoms with E-state index in [1.165, 1.54) is 24.7 Å². The van der Waals surface area contributed by atoms with Crippen LogP contribution in [0.4, 0.5) is 11.8 Å². The Kier molecular flexibility index (Phi) is 11.1. The lowest BCUT2D eigenvalue weighted by molar-refractivity contribution is -0.169. The maximum atomic E-state index is 13.1. The number of carbonyl (C=O) groups is 1. The second-order valence-electron chi connectivity index (χ2n) is 14.3. The van der Waals surface area contributed by atoms with Crippen LogP contribution in [0.5, 0.6) is 11.5 Å². The summed E-state index contributed by atoms with van der Waals surface area (Å²) in [7, 11) is -2.74. The fraction of sp³-hybridized carbons (Fsp3) is 0.405. The van der Waals surface area contributed by atoms with Gasteiger partial charge in [0.1, 0.15) is 24.4 Å². The number of carbonyl (C=O) groups excluding carboxylic acids is 1. The Balaban J connectivity index is 1.19. The number of hydrogen-bond acceptors (Lipinski definition) is 14. The van der Waals surface area contributed by atoms with Crippen molar-refractivity contribution in [2.45, 2.75) is 71.1 Å². The van der Waals surface area contributed by atoms with E-state index >= 15 is 0 Å². The minimum absolute atomic E-state index is 0.00960. The van der Waals surface area contributed by atoms with E-state index in [2.05, 4.69) is 25.0 Å². The highest BCUT2D eigenvalue weighted by Crippen LogP contribution is 2.43. The quantitative estimate of drug-likeness (QED) is 0.0966. The van der Waals surface area contributed by atoms with Crippen molar-refractivity contribution in [3.63, 3.8) is 0 Å². The summed E-state index contributed by atoms with van der Waals surface area (Å²) in [6.07, 6.45) is -1.40. The lowest BCUT2D eigenvalue weighted by Crippen LogP contribution is -2.44. The molecule has 1 fully saturated rings. The van der Waals surface area contributed by atoms with Gasteiger partial charge in [0, 0.05) is 11.9 Å². The summed E-state index contributed by atoms with van der Waals surface area (Å²) < 4.78 is 29.0. The Hall–Kier alpha value is -4.92. The van der Waals surface area contributed by atoms with Gasteiger partial charge in [0.15, 0.2) is 35.0 Å². The molecule has 0 saturated carbocycles. The Morgan fingerprint density at radius 3 is 2.64 bits per heavy atom. The molecule has 2 aromatic heterocycles. The van der Waals surface area contributed by atoms with Crippen molar-refractivity contribution in [3.8, 4) is 11.5 Å². The number of hydrogen-bond donors (Lipinski definition) is 4.